The Kier molecular flexibility index (Phi) is 14.2. The van der Waals surface area contributed by atoms with E-state index >= 15 is 0 Å². The highest BCUT2D eigenvalue weighted by molar-refractivity contribution is 5.14. The van der Waals surface area contributed by atoms with Crippen molar-refractivity contribution in [3.63, 3.8) is 0 Å². The number of benzene rings is 1. The molecule has 0 aliphatic rings. The fraction of sp³-hybridized carbons (Fsp3) is 0.760. The molecule has 3 N–H and O–H groups in total. The smallest absolute Gasteiger partial charge is 0.288 e. The second kappa shape index (κ2) is 15.8. The van der Waals surface area contributed by atoms with E-state index in [2.05, 4.69) is 36.5 Å². The minimum absolute atomic E-state index is 0.251. The molecule has 1 atom stereocenters. The van der Waals surface area contributed by atoms with Gasteiger partial charge in [-0.25, -0.2) is 0 Å². The summed E-state index contributed by atoms with van der Waals surface area (Å²) < 4.78 is 17.7. The monoisotopic (exact) mass is 422 g/mol. The van der Waals surface area contributed by atoms with Crippen LogP contribution >= 0.6 is 0 Å². The predicted octanol–water partition coefficient (Wildman–Crippen LogP) is 5.24. The van der Waals surface area contributed by atoms with Gasteiger partial charge in [0.2, 0.25) is 0 Å². The summed E-state index contributed by atoms with van der Waals surface area (Å²) in [6, 6.07) is 10.5. The van der Waals surface area contributed by atoms with Crippen molar-refractivity contribution in [1.82, 2.24) is 5.32 Å². The summed E-state index contributed by atoms with van der Waals surface area (Å²) in [5.41, 5.74) is 6.94. The Morgan fingerprint density at radius 2 is 1.40 bits per heavy atom. The predicted molar refractivity (Wildman–Crippen MR) is 125 cm³/mol. The molecule has 0 fully saturated rings. The molecule has 0 aliphatic heterocycles. The largest absolute Gasteiger partial charge is 0.330 e. The summed E-state index contributed by atoms with van der Waals surface area (Å²) in [5.74, 6) is -1.06. The molecule has 30 heavy (non-hydrogen) atoms. The highest BCUT2D eigenvalue weighted by Gasteiger charge is 2.52. The first-order valence-electron chi connectivity index (χ1n) is 11.7. The van der Waals surface area contributed by atoms with E-state index in [9.17, 15) is 0 Å². The maximum absolute atomic E-state index is 5.91. The van der Waals surface area contributed by atoms with Crippen molar-refractivity contribution in [2.24, 2.45) is 11.1 Å². The van der Waals surface area contributed by atoms with Crippen LogP contribution in [0, 0.1) is 5.41 Å². The summed E-state index contributed by atoms with van der Waals surface area (Å²) in [6.45, 7) is 4.63. The Hall–Kier alpha value is -0.980. The Bertz CT molecular complexity index is 514. The number of ether oxygens (including phenoxy) is 3. The molecule has 0 aliphatic carbocycles. The molecule has 0 radical (unpaired) electrons. The van der Waals surface area contributed by atoms with Gasteiger partial charge in [-0.1, -0.05) is 75.8 Å². The van der Waals surface area contributed by atoms with Crippen molar-refractivity contribution in [1.29, 1.82) is 0 Å². The molecule has 0 spiro atoms. The van der Waals surface area contributed by atoms with Crippen molar-refractivity contribution in [2.75, 3.05) is 34.4 Å². The van der Waals surface area contributed by atoms with Crippen LogP contribution in [-0.2, 0) is 20.8 Å². The number of hydrogen-bond donors (Lipinski definition) is 2. The first kappa shape index (κ1) is 27.1. The van der Waals surface area contributed by atoms with E-state index in [1.807, 2.05) is 6.07 Å². The van der Waals surface area contributed by atoms with E-state index < -0.39 is 5.97 Å². The lowest BCUT2D eigenvalue weighted by atomic mass is 9.72. The Labute approximate surface area is 185 Å². The van der Waals surface area contributed by atoms with Crippen LogP contribution in [0.1, 0.15) is 76.7 Å². The molecule has 0 amide bonds. The van der Waals surface area contributed by atoms with E-state index in [4.69, 9.17) is 19.9 Å². The zero-order valence-electron chi connectivity index (χ0n) is 19.9. The van der Waals surface area contributed by atoms with Gasteiger partial charge in [0.25, 0.3) is 5.97 Å². The van der Waals surface area contributed by atoms with Gasteiger partial charge in [0, 0.05) is 27.9 Å². The minimum Gasteiger partial charge on any atom is -0.330 e. The van der Waals surface area contributed by atoms with E-state index in [-0.39, 0.29) is 5.41 Å². The Morgan fingerprint density at radius 3 is 2.00 bits per heavy atom. The second-order valence-corrected chi connectivity index (χ2v) is 8.27. The van der Waals surface area contributed by atoms with Crippen molar-refractivity contribution in [3.8, 4) is 0 Å². The summed E-state index contributed by atoms with van der Waals surface area (Å²) in [7, 11) is 5.05. The fourth-order valence-corrected chi connectivity index (χ4v) is 4.57. The molecule has 0 saturated heterocycles. The molecule has 1 aromatic rings. The highest BCUT2D eigenvalue weighted by Crippen LogP contribution is 2.47. The first-order valence-corrected chi connectivity index (χ1v) is 11.7. The normalized spacial score (nSPS) is 14.0. The van der Waals surface area contributed by atoms with Gasteiger partial charge >= 0.3 is 0 Å². The minimum atomic E-state index is -1.06. The van der Waals surface area contributed by atoms with Crippen LogP contribution in [0.2, 0.25) is 0 Å². The maximum atomic E-state index is 5.91. The van der Waals surface area contributed by atoms with Crippen LogP contribution in [0.25, 0.3) is 0 Å². The Morgan fingerprint density at radius 1 is 0.800 bits per heavy atom. The second-order valence-electron chi connectivity index (χ2n) is 8.27. The average molecular weight is 423 g/mol. The molecule has 1 unspecified atom stereocenters. The molecule has 0 aromatic heterocycles. The number of methoxy groups -OCH3 is 3. The van der Waals surface area contributed by atoms with Crippen molar-refractivity contribution < 1.29 is 14.2 Å². The van der Waals surface area contributed by atoms with Gasteiger partial charge in [-0.2, -0.15) is 0 Å². The third-order valence-electron chi connectivity index (χ3n) is 6.28. The fourth-order valence-electron chi connectivity index (χ4n) is 4.57. The lowest BCUT2D eigenvalue weighted by molar-refractivity contribution is -0.411. The van der Waals surface area contributed by atoms with Gasteiger partial charge in [-0.3, -0.25) is 0 Å². The molecule has 0 saturated carbocycles. The SMILES string of the molecule is CCCCCCCCC(CCCN)(CCNCc1ccccc1)C(OC)(OC)OC. The van der Waals surface area contributed by atoms with E-state index in [0.717, 1.165) is 45.2 Å². The van der Waals surface area contributed by atoms with Crippen LogP contribution < -0.4 is 11.1 Å². The molecule has 0 bridgehead atoms. The van der Waals surface area contributed by atoms with Crippen LogP contribution in [0.15, 0.2) is 30.3 Å². The summed E-state index contributed by atoms with van der Waals surface area (Å²) in [6.07, 6.45) is 11.3. The van der Waals surface area contributed by atoms with E-state index in [1.165, 1.54) is 37.7 Å². The van der Waals surface area contributed by atoms with Crippen LogP contribution in [0.3, 0.4) is 0 Å². The molecule has 5 heteroatoms. The maximum Gasteiger partial charge on any atom is 0.288 e. The number of unbranched alkanes of at least 4 members (excludes halogenated alkanes) is 5. The molecule has 174 valence electrons. The number of rotatable bonds is 19. The lowest BCUT2D eigenvalue weighted by Gasteiger charge is -2.47. The van der Waals surface area contributed by atoms with Gasteiger partial charge < -0.3 is 25.3 Å². The van der Waals surface area contributed by atoms with Gasteiger partial charge in [-0.15, -0.1) is 0 Å². The molecule has 1 rings (SSSR count). The van der Waals surface area contributed by atoms with Gasteiger partial charge in [-0.05, 0) is 44.3 Å². The third-order valence-corrected chi connectivity index (χ3v) is 6.28. The van der Waals surface area contributed by atoms with Crippen LogP contribution in [0.4, 0.5) is 0 Å². The summed E-state index contributed by atoms with van der Waals surface area (Å²) >= 11 is 0. The van der Waals surface area contributed by atoms with Crippen molar-refractivity contribution in [3.05, 3.63) is 35.9 Å². The van der Waals surface area contributed by atoms with E-state index in [0.29, 0.717) is 6.54 Å². The average Bonchev–Trinajstić information content (AvgIpc) is 2.79. The Balaban J connectivity index is 2.85. The number of nitrogens with two attached hydrogens (primary N) is 1. The third kappa shape index (κ3) is 8.27. The molecule has 0 heterocycles. The van der Waals surface area contributed by atoms with Gasteiger partial charge in [0.15, 0.2) is 0 Å². The van der Waals surface area contributed by atoms with Crippen molar-refractivity contribution >= 4 is 0 Å². The standard InChI is InChI=1S/C25H46N2O3/c1-5-6-7-8-9-13-17-24(18-14-20-26,25(28-2,29-3)30-4)19-21-27-22-23-15-11-10-12-16-23/h10-12,15-16,27H,5-9,13-14,17-22,26H2,1-4H3. The summed E-state index contributed by atoms with van der Waals surface area (Å²) in [5, 5.41) is 3.60. The van der Waals surface area contributed by atoms with Crippen molar-refractivity contribution in [2.45, 2.75) is 83.6 Å². The molecule has 1 aromatic carbocycles. The first-order chi connectivity index (χ1) is 14.6. The number of hydrogen-bond acceptors (Lipinski definition) is 5. The zero-order chi connectivity index (χ0) is 22.1. The van der Waals surface area contributed by atoms with Crippen LogP contribution in [-0.4, -0.2) is 40.4 Å². The number of nitrogens with one attached hydrogen (secondary N) is 1. The molecule has 5 nitrogen and oxygen atoms in total. The highest BCUT2D eigenvalue weighted by atomic mass is 16.9. The van der Waals surface area contributed by atoms with Gasteiger partial charge in [0.05, 0.1) is 5.41 Å². The van der Waals surface area contributed by atoms with E-state index in [1.54, 1.807) is 21.3 Å². The topological polar surface area (TPSA) is 65.7 Å². The zero-order valence-corrected chi connectivity index (χ0v) is 19.9. The summed E-state index contributed by atoms with van der Waals surface area (Å²) in [4.78, 5) is 0. The lowest BCUT2D eigenvalue weighted by Crippen LogP contribution is -2.54. The van der Waals surface area contributed by atoms with Crippen LogP contribution in [0.5, 0.6) is 0 Å². The quantitative estimate of drug-likeness (QED) is 0.236. The molecular weight excluding hydrogens is 376 g/mol. The molecular formula is C25H46N2O3. The van der Waals surface area contributed by atoms with Gasteiger partial charge in [0.1, 0.15) is 0 Å².